The number of carbonyl (C=O) groups is 2. The number of benzene rings is 1. The highest BCUT2D eigenvalue weighted by molar-refractivity contribution is 7.89. The fourth-order valence-electron chi connectivity index (χ4n) is 3.30. The molecule has 2 aliphatic rings. The average molecular weight is 426 g/mol. The van der Waals surface area contributed by atoms with E-state index in [2.05, 4.69) is 10.0 Å². The lowest BCUT2D eigenvalue weighted by molar-refractivity contribution is -0.136. The summed E-state index contributed by atoms with van der Waals surface area (Å²) < 4.78 is 38.2. The van der Waals surface area contributed by atoms with Crippen LogP contribution in [0.5, 0.6) is 0 Å². The molecular formula is C19H27N3O6S. The van der Waals surface area contributed by atoms with Crippen LogP contribution in [0.4, 0.5) is 0 Å². The van der Waals surface area contributed by atoms with Crippen LogP contribution in [-0.4, -0.2) is 76.7 Å². The lowest BCUT2D eigenvalue weighted by Crippen LogP contribution is -2.50. The number of sulfonamides is 1. The number of morpholine rings is 1. The van der Waals surface area contributed by atoms with Crippen molar-refractivity contribution in [2.75, 3.05) is 39.5 Å². The number of nitrogens with zero attached hydrogens (tertiary/aromatic N) is 1. The van der Waals surface area contributed by atoms with Crippen molar-refractivity contribution >= 4 is 21.8 Å². The molecule has 0 aromatic heterocycles. The van der Waals surface area contributed by atoms with Gasteiger partial charge in [-0.05, 0) is 38.0 Å². The van der Waals surface area contributed by atoms with E-state index in [0.29, 0.717) is 32.9 Å². The minimum absolute atomic E-state index is 0.00435. The van der Waals surface area contributed by atoms with E-state index in [9.17, 15) is 18.0 Å². The van der Waals surface area contributed by atoms with Crippen LogP contribution in [0.1, 0.15) is 30.1 Å². The monoisotopic (exact) mass is 425 g/mol. The van der Waals surface area contributed by atoms with Crippen LogP contribution < -0.4 is 10.0 Å². The first kappa shape index (κ1) is 21.7. The molecule has 3 rings (SSSR count). The predicted octanol–water partition coefficient (Wildman–Crippen LogP) is 0.121. The second kappa shape index (κ2) is 9.66. The topological polar surface area (TPSA) is 114 Å². The molecule has 0 spiro atoms. The summed E-state index contributed by atoms with van der Waals surface area (Å²) in [5, 5.41) is 2.64. The largest absolute Gasteiger partial charge is 0.378 e. The van der Waals surface area contributed by atoms with Gasteiger partial charge in [-0.1, -0.05) is 6.07 Å². The number of rotatable bonds is 7. The van der Waals surface area contributed by atoms with Crippen LogP contribution in [-0.2, 0) is 24.3 Å². The Morgan fingerprint density at radius 3 is 2.69 bits per heavy atom. The zero-order chi connectivity index (χ0) is 20.9. The molecule has 2 N–H and O–H groups in total. The molecule has 0 bridgehead atoms. The van der Waals surface area contributed by atoms with Crippen LogP contribution in [0.25, 0.3) is 0 Å². The average Bonchev–Trinajstić information content (AvgIpc) is 3.26. The Hall–Kier alpha value is -2.01. The molecule has 9 nitrogen and oxygen atoms in total. The molecule has 0 aliphatic carbocycles. The van der Waals surface area contributed by atoms with E-state index in [-0.39, 0.29) is 29.0 Å². The number of hydrogen-bond acceptors (Lipinski definition) is 6. The second-order valence-corrected chi connectivity index (χ2v) is 8.91. The molecular weight excluding hydrogens is 398 g/mol. The molecule has 2 aliphatic heterocycles. The number of carbonyl (C=O) groups excluding carboxylic acids is 2. The van der Waals surface area contributed by atoms with Gasteiger partial charge in [0.1, 0.15) is 6.04 Å². The highest BCUT2D eigenvalue weighted by Crippen LogP contribution is 2.15. The quantitative estimate of drug-likeness (QED) is 0.642. The maximum absolute atomic E-state index is 12.5. The van der Waals surface area contributed by atoms with Gasteiger partial charge in [0, 0.05) is 31.8 Å². The molecule has 2 amide bonds. The first-order chi connectivity index (χ1) is 13.9. The summed E-state index contributed by atoms with van der Waals surface area (Å²) in [5.74, 6) is -0.695. The molecule has 0 saturated carbocycles. The Labute approximate surface area is 170 Å². The standard InChI is InChI=1S/C19H27N3O6S/c1-14(19(24)22-7-10-27-11-8-22)21-18(23)15-4-2-6-17(12-15)29(25,26)20-13-16-5-3-9-28-16/h2,4,6,12,14,16,20H,3,5,7-11,13H2,1H3,(H,21,23). The summed E-state index contributed by atoms with van der Waals surface area (Å²) >= 11 is 0. The van der Waals surface area contributed by atoms with E-state index in [1.54, 1.807) is 11.8 Å². The Morgan fingerprint density at radius 2 is 2.00 bits per heavy atom. The van der Waals surface area contributed by atoms with Crippen molar-refractivity contribution in [1.82, 2.24) is 14.9 Å². The van der Waals surface area contributed by atoms with E-state index in [4.69, 9.17) is 9.47 Å². The minimum Gasteiger partial charge on any atom is -0.378 e. The first-order valence-electron chi connectivity index (χ1n) is 9.75. The molecule has 2 saturated heterocycles. The molecule has 160 valence electrons. The van der Waals surface area contributed by atoms with Gasteiger partial charge >= 0.3 is 0 Å². The summed E-state index contributed by atoms with van der Waals surface area (Å²) in [6, 6.07) is 5.03. The fourth-order valence-corrected chi connectivity index (χ4v) is 4.41. The van der Waals surface area contributed by atoms with Crippen molar-refractivity contribution in [2.45, 2.75) is 36.8 Å². The second-order valence-electron chi connectivity index (χ2n) is 7.15. The van der Waals surface area contributed by atoms with Crippen LogP contribution in [0, 0.1) is 0 Å². The van der Waals surface area contributed by atoms with Crippen LogP contribution in [0.3, 0.4) is 0 Å². The molecule has 2 atom stereocenters. The summed E-state index contributed by atoms with van der Waals surface area (Å²) in [4.78, 5) is 26.6. The molecule has 29 heavy (non-hydrogen) atoms. The van der Waals surface area contributed by atoms with Crippen molar-refractivity contribution in [3.8, 4) is 0 Å². The van der Waals surface area contributed by atoms with Crippen LogP contribution in [0.2, 0.25) is 0 Å². The number of hydrogen-bond donors (Lipinski definition) is 2. The maximum Gasteiger partial charge on any atom is 0.251 e. The van der Waals surface area contributed by atoms with Crippen LogP contribution >= 0.6 is 0 Å². The van der Waals surface area contributed by atoms with Gasteiger partial charge in [0.25, 0.3) is 5.91 Å². The van der Waals surface area contributed by atoms with E-state index < -0.39 is 22.0 Å². The maximum atomic E-state index is 12.5. The van der Waals surface area contributed by atoms with Crippen molar-refractivity contribution in [3.05, 3.63) is 29.8 Å². The lowest BCUT2D eigenvalue weighted by atomic mass is 10.2. The minimum atomic E-state index is -3.76. The van der Waals surface area contributed by atoms with E-state index in [1.807, 2.05) is 0 Å². The SMILES string of the molecule is CC(NC(=O)c1cccc(S(=O)(=O)NCC2CCCO2)c1)C(=O)N1CCOCC1. The zero-order valence-corrected chi connectivity index (χ0v) is 17.2. The van der Waals surface area contributed by atoms with Crippen molar-refractivity contribution < 1.29 is 27.5 Å². The third-order valence-corrected chi connectivity index (χ3v) is 6.39. The molecule has 1 aromatic carbocycles. The Morgan fingerprint density at radius 1 is 1.24 bits per heavy atom. The summed E-state index contributed by atoms with van der Waals surface area (Å²) in [6.45, 7) is 4.38. The van der Waals surface area contributed by atoms with Gasteiger partial charge in [-0.3, -0.25) is 9.59 Å². The van der Waals surface area contributed by atoms with Crippen molar-refractivity contribution in [2.24, 2.45) is 0 Å². The Kier molecular flexibility index (Phi) is 7.23. The summed E-state index contributed by atoms with van der Waals surface area (Å²) in [6.07, 6.45) is 1.62. The third-order valence-electron chi connectivity index (χ3n) is 4.97. The van der Waals surface area contributed by atoms with E-state index in [0.717, 1.165) is 12.8 Å². The van der Waals surface area contributed by atoms with Crippen molar-refractivity contribution in [1.29, 1.82) is 0 Å². The van der Waals surface area contributed by atoms with E-state index >= 15 is 0 Å². The lowest BCUT2D eigenvalue weighted by Gasteiger charge is -2.29. The van der Waals surface area contributed by atoms with Crippen molar-refractivity contribution in [3.63, 3.8) is 0 Å². The third kappa shape index (κ3) is 5.75. The fraction of sp³-hybridized carbons (Fsp3) is 0.579. The van der Waals surface area contributed by atoms with Gasteiger partial charge in [-0.2, -0.15) is 0 Å². The van der Waals surface area contributed by atoms with Gasteiger partial charge in [-0.25, -0.2) is 13.1 Å². The number of amides is 2. The molecule has 10 heteroatoms. The van der Waals surface area contributed by atoms with Gasteiger partial charge in [0.2, 0.25) is 15.9 Å². The Balaban J connectivity index is 1.61. The smallest absolute Gasteiger partial charge is 0.251 e. The van der Waals surface area contributed by atoms with Gasteiger partial charge in [-0.15, -0.1) is 0 Å². The molecule has 2 fully saturated rings. The normalized spacial score (nSPS) is 21.0. The number of ether oxygens (including phenoxy) is 2. The summed E-state index contributed by atoms with van der Waals surface area (Å²) in [7, 11) is -3.76. The first-order valence-corrected chi connectivity index (χ1v) is 11.2. The predicted molar refractivity (Wildman–Crippen MR) is 105 cm³/mol. The summed E-state index contributed by atoms with van der Waals surface area (Å²) in [5.41, 5.74) is 0.173. The van der Waals surface area contributed by atoms with Gasteiger partial charge in [0.05, 0.1) is 24.2 Å². The molecule has 1 aromatic rings. The molecule has 2 heterocycles. The van der Waals surface area contributed by atoms with E-state index in [1.165, 1.54) is 24.3 Å². The Bertz CT molecular complexity index is 832. The molecule has 0 radical (unpaired) electrons. The van der Waals surface area contributed by atoms with Crippen LogP contribution in [0.15, 0.2) is 29.2 Å². The molecule has 2 unspecified atom stereocenters. The highest BCUT2D eigenvalue weighted by atomic mass is 32.2. The highest BCUT2D eigenvalue weighted by Gasteiger charge is 2.25. The number of nitrogens with one attached hydrogen (secondary N) is 2. The van der Waals surface area contributed by atoms with Gasteiger partial charge < -0.3 is 19.7 Å². The zero-order valence-electron chi connectivity index (χ0n) is 16.4. The van der Waals surface area contributed by atoms with Gasteiger partial charge in [0.15, 0.2) is 0 Å².